The average Bonchev–Trinajstić information content (AvgIpc) is 2.23. The predicted molar refractivity (Wildman–Crippen MR) is 70.9 cm³/mol. The van der Waals surface area contributed by atoms with Crippen molar-refractivity contribution in [1.29, 1.82) is 0 Å². The fourth-order valence-corrected chi connectivity index (χ4v) is 2.21. The summed E-state index contributed by atoms with van der Waals surface area (Å²) in [6.45, 7) is 1.95. The summed E-state index contributed by atoms with van der Waals surface area (Å²) in [6, 6.07) is 5.85. The van der Waals surface area contributed by atoms with Gasteiger partial charge in [-0.1, -0.05) is 23.2 Å². The lowest BCUT2D eigenvalue weighted by molar-refractivity contribution is 1.13. The molecule has 0 aliphatic carbocycles. The quantitative estimate of drug-likeness (QED) is 0.575. The highest BCUT2D eigenvalue weighted by atomic mass is 35.5. The van der Waals surface area contributed by atoms with Crippen molar-refractivity contribution in [3.8, 4) is 0 Å². The van der Waals surface area contributed by atoms with Crippen molar-refractivity contribution in [2.75, 3.05) is 5.88 Å². The highest BCUT2D eigenvalue weighted by molar-refractivity contribution is 6.32. The first-order valence-electron chi connectivity index (χ1n) is 4.93. The van der Waals surface area contributed by atoms with Gasteiger partial charge in [-0.25, -0.2) is 4.98 Å². The number of nitrogens with zero attached hydrogens (tertiary/aromatic N) is 1. The summed E-state index contributed by atoms with van der Waals surface area (Å²) in [5.74, 6) is 0.534. The lowest BCUT2D eigenvalue weighted by Crippen LogP contribution is -1.92. The third-order valence-corrected chi connectivity index (χ3v) is 3.41. The Balaban J connectivity index is 2.65. The zero-order valence-corrected chi connectivity index (χ0v) is 11.0. The van der Waals surface area contributed by atoms with Crippen LogP contribution in [0.25, 0.3) is 10.9 Å². The zero-order valence-electron chi connectivity index (χ0n) is 8.73. The molecule has 0 saturated carbocycles. The second-order valence-electron chi connectivity index (χ2n) is 3.67. The largest absolute Gasteiger partial charge is 0.236 e. The third-order valence-electron chi connectivity index (χ3n) is 2.49. The van der Waals surface area contributed by atoms with E-state index in [2.05, 4.69) is 4.98 Å². The summed E-state index contributed by atoms with van der Waals surface area (Å²) in [6.07, 6.45) is 0.717. The van der Waals surface area contributed by atoms with Gasteiger partial charge in [0.2, 0.25) is 0 Å². The molecule has 1 aromatic heterocycles. The first-order chi connectivity index (χ1) is 7.61. The summed E-state index contributed by atoms with van der Waals surface area (Å²) < 4.78 is 0. The fraction of sp³-hybridized carbons (Fsp3) is 0.250. The molecule has 0 aliphatic heterocycles. The second-order valence-corrected chi connectivity index (χ2v) is 4.81. The Morgan fingerprint density at radius 1 is 1.19 bits per heavy atom. The van der Waals surface area contributed by atoms with Crippen LogP contribution in [0.15, 0.2) is 18.2 Å². The van der Waals surface area contributed by atoms with Crippen LogP contribution in [0.3, 0.4) is 0 Å². The normalized spacial score (nSPS) is 11.0. The van der Waals surface area contributed by atoms with E-state index >= 15 is 0 Å². The van der Waals surface area contributed by atoms with E-state index in [0.29, 0.717) is 11.0 Å². The first-order valence-corrected chi connectivity index (χ1v) is 6.22. The molecule has 0 amide bonds. The van der Waals surface area contributed by atoms with Gasteiger partial charge in [0.1, 0.15) is 5.15 Å². The average molecular weight is 275 g/mol. The Labute approximate surface area is 109 Å². The van der Waals surface area contributed by atoms with Crippen molar-refractivity contribution in [2.24, 2.45) is 0 Å². The Bertz CT molecular complexity index is 537. The highest BCUT2D eigenvalue weighted by Crippen LogP contribution is 2.26. The van der Waals surface area contributed by atoms with Gasteiger partial charge in [-0.2, -0.15) is 0 Å². The number of fused-ring (bicyclic) bond motifs is 1. The van der Waals surface area contributed by atoms with Gasteiger partial charge in [0.25, 0.3) is 0 Å². The van der Waals surface area contributed by atoms with E-state index in [9.17, 15) is 0 Å². The van der Waals surface area contributed by atoms with Crippen molar-refractivity contribution in [3.63, 3.8) is 0 Å². The van der Waals surface area contributed by atoms with Crippen molar-refractivity contribution >= 4 is 45.7 Å². The van der Waals surface area contributed by atoms with Crippen molar-refractivity contribution in [1.82, 2.24) is 4.98 Å². The van der Waals surface area contributed by atoms with E-state index < -0.39 is 0 Å². The molecule has 1 aromatic carbocycles. The minimum Gasteiger partial charge on any atom is -0.236 e. The molecule has 0 aliphatic rings. The maximum atomic E-state index is 6.07. The summed E-state index contributed by atoms with van der Waals surface area (Å²) in [5.41, 5.74) is 2.83. The van der Waals surface area contributed by atoms with Gasteiger partial charge in [-0.3, -0.25) is 0 Å². The Hall–Kier alpha value is -0.500. The Morgan fingerprint density at radius 3 is 2.62 bits per heavy atom. The number of pyridine rings is 1. The van der Waals surface area contributed by atoms with Crippen LogP contribution in [0.2, 0.25) is 10.2 Å². The summed E-state index contributed by atoms with van der Waals surface area (Å²) in [4.78, 5) is 4.34. The summed E-state index contributed by atoms with van der Waals surface area (Å²) in [7, 11) is 0. The van der Waals surface area contributed by atoms with Gasteiger partial charge in [0.15, 0.2) is 0 Å². The molecule has 84 valence electrons. The highest BCUT2D eigenvalue weighted by Gasteiger charge is 2.06. The number of benzene rings is 1. The maximum Gasteiger partial charge on any atom is 0.133 e. The number of hydrogen-bond donors (Lipinski definition) is 0. The van der Waals surface area contributed by atoms with Gasteiger partial charge in [-0.15, -0.1) is 11.6 Å². The first kappa shape index (κ1) is 12.0. The molecule has 4 heteroatoms. The van der Waals surface area contributed by atoms with Crippen LogP contribution in [0.5, 0.6) is 0 Å². The van der Waals surface area contributed by atoms with Gasteiger partial charge in [-0.05, 0) is 42.7 Å². The van der Waals surface area contributed by atoms with Gasteiger partial charge in [0, 0.05) is 16.3 Å². The molecule has 0 bridgehead atoms. The van der Waals surface area contributed by atoms with Crippen LogP contribution >= 0.6 is 34.8 Å². The predicted octanol–water partition coefficient (Wildman–Crippen LogP) is 4.63. The van der Waals surface area contributed by atoms with E-state index in [-0.39, 0.29) is 0 Å². The second kappa shape index (κ2) is 4.79. The molecular weight excluding hydrogens is 264 g/mol. The number of aromatic nitrogens is 1. The number of alkyl halides is 1. The SMILES string of the molecule is Cc1cc2nc(Cl)c(CCCl)cc2cc1Cl. The van der Waals surface area contributed by atoms with Crippen LogP contribution in [-0.2, 0) is 6.42 Å². The molecule has 0 spiro atoms. The van der Waals surface area contributed by atoms with E-state index in [0.717, 1.165) is 33.5 Å². The standard InChI is InChI=1S/C12H10Cl3N/c1-7-4-11-9(6-10(7)14)5-8(2-3-13)12(15)16-11/h4-6H,2-3H2,1H3. The smallest absolute Gasteiger partial charge is 0.133 e. The summed E-state index contributed by atoms with van der Waals surface area (Å²) in [5, 5.41) is 2.27. The monoisotopic (exact) mass is 273 g/mol. The van der Waals surface area contributed by atoms with Crippen LogP contribution in [-0.4, -0.2) is 10.9 Å². The van der Waals surface area contributed by atoms with E-state index in [1.807, 2.05) is 25.1 Å². The topological polar surface area (TPSA) is 12.9 Å². The molecule has 2 aromatic rings. The molecule has 0 N–H and O–H groups in total. The molecule has 0 saturated heterocycles. The zero-order chi connectivity index (χ0) is 11.7. The molecule has 2 rings (SSSR count). The fourth-order valence-electron chi connectivity index (χ4n) is 1.60. The molecule has 0 atom stereocenters. The molecule has 0 fully saturated rings. The molecule has 1 nitrogen and oxygen atoms in total. The summed E-state index contributed by atoms with van der Waals surface area (Å²) >= 11 is 17.8. The van der Waals surface area contributed by atoms with Gasteiger partial charge in [0.05, 0.1) is 5.52 Å². The van der Waals surface area contributed by atoms with Gasteiger partial charge < -0.3 is 0 Å². The Morgan fingerprint density at radius 2 is 1.94 bits per heavy atom. The lowest BCUT2D eigenvalue weighted by Gasteiger charge is -2.06. The van der Waals surface area contributed by atoms with E-state index in [1.165, 1.54) is 0 Å². The molecule has 16 heavy (non-hydrogen) atoms. The van der Waals surface area contributed by atoms with Crippen LogP contribution in [0, 0.1) is 6.92 Å². The van der Waals surface area contributed by atoms with Crippen LogP contribution < -0.4 is 0 Å². The number of aryl methyl sites for hydroxylation is 2. The van der Waals surface area contributed by atoms with E-state index in [1.54, 1.807) is 0 Å². The maximum absolute atomic E-state index is 6.07. The van der Waals surface area contributed by atoms with E-state index in [4.69, 9.17) is 34.8 Å². The van der Waals surface area contributed by atoms with Crippen molar-refractivity contribution < 1.29 is 0 Å². The van der Waals surface area contributed by atoms with Crippen LogP contribution in [0.1, 0.15) is 11.1 Å². The third kappa shape index (κ3) is 2.27. The molecular formula is C12H10Cl3N. The molecule has 1 heterocycles. The van der Waals surface area contributed by atoms with Crippen molar-refractivity contribution in [3.05, 3.63) is 39.5 Å². The number of hydrogen-bond acceptors (Lipinski definition) is 1. The molecule has 0 unspecified atom stereocenters. The number of halogens is 3. The minimum absolute atomic E-state index is 0.523. The molecule has 0 radical (unpaired) electrons. The van der Waals surface area contributed by atoms with Gasteiger partial charge >= 0.3 is 0 Å². The van der Waals surface area contributed by atoms with Crippen LogP contribution in [0.4, 0.5) is 0 Å². The minimum atomic E-state index is 0.523. The Kier molecular flexibility index (Phi) is 3.58. The van der Waals surface area contributed by atoms with Crippen molar-refractivity contribution in [2.45, 2.75) is 13.3 Å². The number of rotatable bonds is 2. The lowest BCUT2D eigenvalue weighted by atomic mass is 10.1.